The van der Waals surface area contributed by atoms with E-state index < -0.39 is 6.10 Å². The number of amides is 2. The van der Waals surface area contributed by atoms with Crippen LogP contribution in [0.25, 0.3) is 0 Å². The Bertz CT molecular complexity index is 452. The highest BCUT2D eigenvalue weighted by Crippen LogP contribution is 2.29. The fourth-order valence-corrected chi connectivity index (χ4v) is 2.72. The predicted octanol–water partition coefficient (Wildman–Crippen LogP) is 2.62. The number of rotatable bonds is 5. The number of hydrogen-bond donors (Lipinski definition) is 2. The van der Waals surface area contributed by atoms with Gasteiger partial charge in [-0.15, -0.1) is 0 Å². The highest BCUT2D eigenvalue weighted by molar-refractivity contribution is 5.88. The Morgan fingerprint density at radius 1 is 1.52 bits per heavy atom. The molecule has 1 aromatic heterocycles. The lowest BCUT2D eigenvalue weighted by molar-refractivity contribution is 0.167. The molecule has 21 heavy (non-hydrogen) atoms. The molecule has 0 radical (unpaired) electrons. The first-order valence-electron chi connectivity index (χ1n) is 7.81. The fourth-order valence-electron chi connectivity index (χ4n) is 2.72. The van der Waals surface area contributed by atoms with E-state index in [2.05, 4.69) is 10.4 Å². The van der Waals surface area contributed by atoms with Gasteiger partial charge in [0.2, 0.25) is 0 Å². The van der Waals surface area contributed by atoms with Gasteiger partial charge in [0.15, 0.2) is 0 Å². The minimum absolute atomic E-state index is 0.159. The molecule has 118 valence electrons. The molecule has 1 heterocycles. The lowest BCUT2D eigenvalue weighted by atomic mass is 9.96. The molecular formula is C15H26N4O2. The standard InChI is InChI=1S/C15H26N4O2/c1-12(20)9-11-18(2)15(21)17-14-8-10-16-19(14)13-6-4-3-5-7-13/h8,10,12-13,20H,3-7,9,11H2,1-2H3,(H,17,21). The van der Waals surface area contributed by atoms with Crippen LogP contribution in [0.3, 0.4) is 0 Å². The van der Waals surface area contributed by atoms with Crippen molar-refractivity contribution in [3.63, 3.8) is 0 Å². The number of carbonyl (C=O) groups is 1. The summed E-state index contributed by atoms with van der Waals surface area (Å²) in [5.74, 6) is 0.760. The number of nitrogens with zero attached hydrogens (tertiary/aromatic N) is 3. The molecule has 0 aliphatic heterocycles. The van der Waals surface area contributed by atoms with Gasteiger partial charge < -0.3 is 10.0 Å². The fraction of sp³-hybridized carbons (Fsp3) is 0.733. The van der Waals surface area contributed by atoms with Gasteiger partial charge in [-0.1, -0.05) is 19.3 Å². The van der Waals surface area contributed by atoms with E-state index in [9.17, 15) is 9.90 Å². The molecule has 2 amide bonds. The minimum atomic E-state index is -0.395. The molecular weight excluding hydrogens is 268 g/mol. The van der Waals surface area contributed by atoms with Crippen molar-refractivity contribution in [2.45, 2.75) is 57.6 Å². The van der Waals surface area contributed by atoms with Gasteiger partial charge in [-0.05, 0) is 26.2 Å². The van der Waals surface area contributed by atoms with Crippen LogP contribution < -0.4 is 5.32 Å². The first-order valence-corrected chi connectivity index (χ1v) is 7.81. The summed E-state index contributed by atoms with van der Waals surface area (Å²) in [6, 6.07) is 2.08. The molecule has 0 bridgehead atoms. The molecule has 1 atom stereocenters. The van der Waals surface area contributed by atoms with Crippen molar-refractivity contribution in [3.05, 3.63) is 12.3 Å². The van der Waals surface area contributed by atoms with Gasteiger partial charge in [-0.25, -0.2) is 9.48 Å². The quantitative estimate of drug-likeness (QED) is 0.877. The van der Waals surface area contributed by atoms with Crippen molar-refractivity contribution < 1.29 is 9.90 Å². The third-order valence-corrected chi connectivity index (χ3v) is 4.05. The van der Waals surface area contributed by atoms with E-state index in [0.717, 1.165) is 18.7 Å². The SMILES string of the molecule is CC(O)CCN(C)C(=O)Nc1ccnn1C1CCCCC1. The van der Waals surface area contributed by atoms with E-state index in [-0.39, 0.29) is 6.03 Å². The number of urea groups is 1. The monoisotopic (exact) mass is 294 g/mol. The Morgan fingerprint density at radius 2 is 2.24 bits per heavy atom. The summed E-state index contributed by atoms with van der Waals surface area (Å²) in [7, 11) is 1.74. The molecule has 0 aromatic carbocycles. The number of aromatic nitrogens is 2. The zero-order chi connectivity index (χ0) is 15.2. The maximum atomic E-state index is 12.2. The second kappa shape index (κ2) is 7.45. The maximum absolute atomic E-state index is 12.2. The molecule has 6 nitrogen and oxygen atoms in total. The first kappa shape index (κ1) is 15.8. The zero-order valence-electron chi connectivity index (χ0n) is 13.0. The number of aliphatic hydroxyl groups is 1. The van der Waals surface area contributed by atoms with Crippen molar-refractivity contribution in [1.82, 2.24) is 14.7 Å². The van der Waals surface area contributed by atoms with Gasteiger partial charge >= 0.3 is 6.03 Å². The van der Waals surface area contributed by atoms with Gasteiger partial charge in [0, 0.05) is 19.7 Å². The van der Waals surface area contributed by atoms with Crippen LogP contribution in [-0.2, 0) is 0 Å². The normalized spacial score (nSPS) is 17.5. The van der Waals surface area contributed by atoms with Crippen LogP contribution in [0.4, 0.5) is 10.6 Å². The molecule has 1 saturated carbocycles. The van der Waals surface area contributed by atoms with Crippen molar-refractivity contribution in [2.24, 2.45) is 0 Å². The summed E-state index contributed by atoms with van der Waals surface area (Å²) in [5.41, 5.74) is 0. The van der Waals surface area contributed by atoms with E-state index in [1.165, 1.54) is 19.3 Å². The Kier molecular flexibility index (Phi) is 5.61. The van der Waals surface area contributed by atoms with Crippen LogP contribution in [0.2, 0.25) is 0 Å². The summed E-state index contributed by atoms with van der Waals surface area (Å²) in [6.45, 7) is 2.25. The number of nitrogens with one attached hydrogen (secondary N) is 1. The Hall–Kier alpha value is -1.56. The molecule has 2 N–H and O–H groups in total. The third kappa shape index (κ3) is 4.46. The number of anilines is 1. The summed E-state index contributed by atoms with van der Waals surface area (Å²) in [6.07, 6.45) is 7.92. The minimum Gasteiger partial charge on any atom is -0.393 e. The van der Waals surface area contributed by atoms with Gasteiger partial charge in [-0.2, -0.15) is 5.10 Å². The largest absolute Gasteiger partial charge is 0.393 e. The van der Waals surface area contributed by atoms with E-state index in [1.807, 2.05) is 10.7 Å². The highest BCUT2D eigenvalue weighted by Gasteiger charge is 2.20. The molecule has 0 saturated heterocycles. The molecule has 1 aromatic rings. The predicted molar refractivity (Wildman–Crippen MR) is 82.3 cm³/mol. The Balaban J connectivity index is 1.93. The van der Waals surface area contributed by atoms with Crippen LogP contribution in [-0.4, -0.2) is 45.5 Å². The van der Waals surface area contributed by atoms with Crippen LogP contribution in [0.15, 0.2) is 12.3 Å². The van der Waals surface area contributed by atoms with Crippen LogP contribution in [0.1, 0.15) is 51.5 Å². The van der Waals surface area contributed by atoms with Crippen molar-refractivity contribution in [1.29, 1.82) is 0 Å². The Morgan fingerprint density at radius 3 is 2.90 bits per heavy atom. The van der Waals surface area contributed by atoms with Crippen LogP contribution >= 0.6 is 0 Å². The van der Waals surface area contributed by atoms with Crippen LogP contribution in [0, 0.1) is 0 Å². The van der Waals surface area contributed by atoms with Crippen LogP contribution in [0.5, 0.6) is 0 Å². The molecule has 6 heteroatoms. The van der Waals surface area contributed by atoms with Gasteiger partial charge in [-0.3, -0.25) is 5.32 Å². The Labute approximate surface area is 126 Å². The number of aliphatic hydroxyl groups excluding tert-OH is 1. The van der Waals surface area contributed by atoms with Crippen molar-refractivity contribution in [2.75, 3.05) is 18.9 Å². The zero-order valence-corrected chi connectivity index (χ0v) is 13.0. The molecule has 1 aliphatic rings. The number of hydrogen-bond acceptors (Lipinski definition) is 3. The topological polar surface area (TPSA) is 70.4 Å². The van der Waals surface area contributed by atoms with E-state index in [4.69, 9.17) is 0 Å². The van der Waals surface area contributed by atoms with E-state index in [0.29, 0.717) is 19.0 Å². The lowest BCUT2D eigenvalue weighted by Gasteiger charge is -2.25. The third-order valence-electron chi connectivity index (χ3n) is 4.05. The molecule has 0 spiro atoms. The van der Waals surface area contributed by atoms with Crippen molar-refractivity contribution >= 4 is 11.8 Å². The molecule has 1 fully saturated rings. The van der Waals surface area contributed by atoms with Crippen molar-refractivity contribution in [3.8, 4) is 0 Å². The average molecular weight is 294 g/mol. The highest BCUT2D eigenvalue weighted by atomic mass is 16.3. The summed E-state index contributed by atoms with van der Waals surface area (Å²) in [4.78, 5) is 13.7. The van der Waals surface area contributed by atoms with Gasteiger partial charge in [0.05, 0.1) is 18.3 Å². The molecule has 2 rings (SSSR count). The second-order valence-electron chi connectivity index (χ2n) is 5.94. The van der Waals surface area contributed by atoms with Gasteiger partial charge in [0.1, 0.15) is 5.82 Å². The summed E-state index contributed by atoms with van der Waals surface area (Å²) in [5, 5.41) is 16.6. The number of carbonyl (C=O) groups excluding carboxylic acids is 1. The lowest BCUT2D eigenvalue weighted by Crippen LogP contribution is -2.34. The second-order valence-corrected chi connectivity index (χ2v) is 5.94. The average Bonchev–Trinajstić information content (AvgIpc) is 2.93. The summed E-state index contributed by atoms with van der Waals surface area (Å²) >= 11 is 0. The smallest absolute Gasteiger partial charge is 0.322 e. The maximum Gasteiger partial charge on any atom is 0.322 e. The molecule has 1 unspecified atom stereocenters. The summed E-state index contributed by atoms with van der Waals surface area (Å²) < 4.78 is 1.94. The molecule has 1 aliphatic carbocycles. The first-order chi connectivity index (χ1) is 10.1. The van der Waals surface area contributed by atoms with Gasteiger partial charge in [0.25, 0.3) is 0 Å². The van der Waals surface area contributed by atoms with E-state index >= 15 is 0 Å². The van der Waals surface area contributed by atoms with E-state index in [1.54, 1.807) is 25.1 Å².